The van der Waals surface area contributed by atoms with Gasteiger partial charge in [0.15, 0.2) is 0 Å². The molecule has 2 aliphatic rings. The molecule has 2 heteroatoms. The molecule has 3 rings (SSSR count). The van der Waals surface area contributed by atoms with Crippen molar-refractivity contribution >= 4 is 0 Å². The highest BCUT2D eigenvalue weighted by Crippen LogP contribution is 2.37. The first-order valence-electron chi connectivity index (χ1n) is 8.42. The Labute approximate surface area is 127 Å². The lowest BCUT2D eigenvalue weighted by Gasteiger charge is -2.34. The molecule has 0 saturated carbocycles. The van der Waals surface area contributed by atoms with E-state index in [4.69, 9.17) is 0 Å². The summed E-state index contributed by atoms with van der Waals surface area (Å²) < 4.78 is 12.1. The number of nitrogens with zero attached hydrogens (tertiary/aromatic N) is 1. The highest BCUT2D eigenvalue weighted by molar-refractivity contribution is 5.21. The molecule has 2 bridgehead atoms. The zero-order chi connectivity index (χ0) is 14.5. The minimum Gasteiger partial charge on any atom is -0.289 e. The molecule has 2 aliphatic heterocycles. The molecule has 0 aliphatic carbocycles. The number of benzene rings is 1. The van der Waals surface area contributed by atoms with Crippen molar-refractivity contribution in [1.82, 2.24) is 4.90 Å². The summed E-state index contributed by atoms with van der Waals surface area (Å²) in [7, 11) is 0. The first kappa shape index (κ1) is 14.8. The van der Waals surface area contributed by atoms with E-state index >= 15 is 0 Å². The van der Waals surface area contributed by atoms with Gasteiger partial charge in [0, 0.05) is 18.6 Å². The smallest absolute Gasteiger partial charge is 0.0894 e. The van der Waals surface area contributed by atoms with Gasteiger partial charge in [-0.1, -0.05) is 48.4 Å². The van der Waals surface area contributed by atoms with Crippen LogP contribution in [0, 0.1) is 0 Å². The summed E-state index contributed by atoms with van der Waals surface area (Å²) in [6.07, 6.45) is 10.5. The van der Waals surface area contributed by atoms with Gasteiger partial charge in [-0.3, -0.25) is 9.29 Å². The summed E-state index contributed by atoms with van der Waals surface area (Å²) >= 11 is 0. The van der Waals surface area contributed by atoms with E-state index in [1.165, 1.54) is 31.2 Å². The third kappa shape index (κ3) is 3.74. The van der Waals surface area contributed by atoms with Gasteiger partial charge in [-0.2, -0.15) is 0 Å². The maximum Gasteiger partial charge on any atom is 0.0894 e. The summed E-state index contributed by atoms with van der Waals surface area (Å²) in [6.45, 7) is 0.928. The van der Waals surface area contributed by atoms with E-state index in [1.807, 2.05) is 0 Å². The van der Waals surface area contributed by atoms with E-state index in [1.54, 1.807) is 5.57 Å². The molecule has 114 valence electrons. The lowest BCUT2D eigenvalue weighted by atomic mass is 9.96. The van der Waals surface area contributed by atoms with Gasteiger partial charge in [0.05, 0.1) is 6.67 Å². The number of rotatable bonds is 7. The van der Waals surface area contributed by atoms with Crippen molar-refractivity contribution in [2.24, 2.45) is 0 Å². The number of halogens is 1. The van der Waals surface area contributed by atoms with Crippen molar-refractivity contribution in [3.05, 3.63) is 47.5 Å². The van der Waals surface area contributed by atoms with Crippen molar-refractivity contribution in [1.29, 1.82) is 0 Å². The van der Waals surface area contributed by atoms with Gasteiger partial charge in [-0.25, -0.2) is 0 Å². The molecule has 2 unspecified atom stereocenters. The fraction of sp³-hybridized carbons (Fsp3) is 0.579. The Morgan fingerprint density at radius 3 is 2.67 bits per heavy atom. The van der Waals surface area contributed by atoms with E-state index in [0.717, 1.165) is 31.8 Å². The Kier molecular flexibility index (Phi) is 5.08. The molecule has 0 spiro atoms. The number of alkyl halides is 1. The summed E-state index contributed by atoms with van der Waals surface area (Å²) in [5.74, 6) is 0. The van der Waals surface area contributed by atoms with Crippen LogP contribution in [0.4, 0.5) is 4.39 Å². The fourth-order valence-electron chi connectivity index (χ4n) is 3.86. The molecule has 1 nitrogen and oxygen atoms in total. The second kappa shape index (κ2) is 7.22. The molecule has 1 aromatic carbocycles. The first-order valence-corrected chi connectivity index (χ1v) is 8.42. The second-order valence-electron chi connectivity index (χ2n) is 6.49. The SMILES string of the molecule is FCCCCCC1=CC2CCC(C1)N2Cc1ccccc1. The van der Waals surface area contributed by atoms with Crippen LogP contribution >= 0.6 is 0 Å². The molecular formula is C19H26FN. The summed E-state index contributed by atoms with van der Waals surface area (Å²) in [5, 5.41) is 0. The summed E-state index contributed by atoms with van der Waals surface area (Å²) in [5.41, 5.74) is 3.06. The molecule has 2 atom stereocenters. The lowest BCUT2D eigenvalue weighted by Crippen LogP contribution is -2.37. The van der Waals surface area contributed by atoms with Crippen molar-refractivity contribution in [3.63, 3.8) is 0 Å². The van der Waals surface area contributed by atoms with E-state index in [9.17, 15) is 4.39 Å². The van der Waals surface area contributed by atoms with Crippen LogP contribution in [0.3, 0.4) is 0 Å². The Morgan fingerprint density at radius 1 is 1.05 bits per heavy atom. The Bertz CT molecular complexity index is 468. The topological polar surface area (TPSA) is 3.24 Å². The molecule has 0 amide bonds. The molecule has 0 aromatic heterocycles. The van der Waals surface area contributed by atoms with Gasteiger partial charge >= 0.3 is 0 Å². The minimum absolute atomic E-state index is 0.158. The van der Waals surface area contributed by atoms with Gasteiger partial charge in [-0.15, -0.1) is 0 Å². The van der Waals surface area contributed by atoms with Crippen LogP contribution < -0.4 is 0 Å². The maximum atomic E-state index is 12.1. The van der Waals surface area contributed by atoms with Crippen LogP contribution in [0.1, 0.15) is 50.5 Å². The molecule has 1 aromatic rings. The van der Waals surface area contributed by atoms with E-state index < -0.39 is 0 Å². The first-order chi connectivity index (χ1) is 10.4. The summed E-state index contributed by atoms with van der Waals surface area (Å²) in [6, 6.07) is 12.2. The molecule has 0 N–H and O–H groups in total. The average molecular weight is 287 g/mol. The van der Waals surface area contributed by atoms with Crippen LogP contribution in [-0.4, -0.2) is 23.7 Å². The molecule has 2 heterocycles. The normalized spacial score (nSPS) is 25.1. The van der Waals surface area contributed by atoms with Crippen LogP contribution in [0.15, 0.2) is 42.0 Å². The third-order valence-electron chi connectivity index (χ3n) is 4.96. The van der Waals surface area contributed by atoms with E-state index in [2.05, 4.69) is 41.3 Å². The zero-order valence-electron chi connectivity index (χ0n) is 12.8. The third-order valence-corrected chi connectivity index (χ3v) is 4.96. The van der Waals surface area contributed by atoms with E-state index in [0.29, 0.717) is 6.04 Å². The van der Waals surface area contributed by atoms with Crippen LogP contribution in [-0.2, 0) is 6.54 Å². The Hall–Kier alpha value is -1.15. The Balaban J connectivity index is 1.56. The number of fused-ring (bicyclic) bond motifs is 2. The predicted octanol–water partition coefficient (Wildman–Crippen LogP) is 4.88. The molecular weight excluding hydrogens is 261 g/mol. The lowest BCUT2D eigenvalue weighted by molar-refractivity contribution is 0.194. The highest BCUT2D eigenvalue weighted by atomic mass is 19.1. The second-order valence-corrected chi connectivity index (χ2v) is 6.49. The van der Waals surface area contributed by atoms with Crippen molar-refractivity contribution in [3.8, 4) is 0 Å². The van der Waals surface area contributed by atoms with Crippen molar-refractivity contribution in [2.75, 3.05) is 6.67 Å². The molecule has 21 heavy (non-hydrogen) atoms. The molecule has 1 saturated heterocycles. The average Bonchev–Trinajstić information content (AvgIpc) is 2.75. The van der Waals surface area contributed by atoms with Gasteiger partial charge < -0.3 is 0 Å². The minimum atomic E-state index is -0.158. The zero-order valence-corrected chi connectivity index (χ0v) is 12.8. The van der Waals surface area contributed by atoms with Crippen molar-refractivity contribution in [2.45, 2.75) is 63.6 Å². The monoisotopic (exact) mass is 287 g/mol. The van der Waals surface area contributed by atoms with Gasteiger partial charge in [0.1, 0.15) is 0 Å². The standard InChI is InChI=1S/C19H26FN/c20-12-6-2-5-9-17-13-18-10-11-19(14-17)21(18)15-16-7-3-1-4-8-16/h1,3-4,7-8,13,18-19H,2,5-6,9-12,14-15H2. The maximum absolute atomic E-state index is 12.1. The van der Waals surface area contributed by atoms with Crippen LogP contribution in [0.5, 0.6) is 0 Å². The van der Waals surface area contributed by atoms with Crippen molar-refractivity contribution < 1.29 is 4.39 Å². The predicted molar refractivity (Wildman–Crippen MR) is 85.9 cm³/mol. The van der Waals surface area contributed by atoms with Gasteiger partial charge in [-0.05, 0) is 44.1 Å². The summed E-state index contributed by atoms with van der Waals surface area (Å²) in [4.78, 5) is 2.68. The largest absolute Gasteiger partial charge is 0.289 e. The number of unbranched alkanes of at least 4 members (excludes halogenated alkanes) is 2. The van der Waals surface area contributed by atoms with Crippen LogP contribution in [0.25, 0.3) is 0 Å². The molecule has 1 fully saturated rings. The van der Waals surface area contributed by atoms with Gasteiger partial charge in [0.25, 0.3) is 0 Å². The highest BCUT2D eigenvalue weighted by Gasteiger charge is 2.35. The fourth-order valence-corrected chi connectivity index (χ4v) is 3.86. The Morgan fingerprint density at radius 2 is 1.90 bits per heavy atom. The van der Waals surface area contributed by atoms with Gasteiger partial charge in [0.2, 0.25) is 0 Å². The van der Waals surface area contributed by atoms with Crippen LogP contribution in [0.2, 0.25) is 0 Å². The number of hydrogen-bond donors (Lipinski definition) is 0. The quantitative estimate of drug-likeness (QED) is 0.510. The van der Waals surface area contributed by atoms with E-state index in [-0.39, 0.29) is 6.67 Å². The number of hydrogen-bond acceptors (Lipinski definition) is 1. The molecule has 0 radical (unpaired) electrons.